The number of rotatable bonds is 4. The van der Waals surface area contributed by atoms with E-state index < -0.39 is 31.5 Å². The summed E-state index contributed by atoms with van der Waals surface area (Å²) in [5.41, 5.74) is 0. The summed E-state index contributed by atoms with van der Waals surface area (Å²) in [4.78, 5) is 0. The molecule has 0 heterocycles. The fraction of sp³-hybridized carbons (Fsp3) is 1.00. The Kier molecular flexibility index (Phi) is 17.9. The summed E-state index contributed by atoms with van der Waals surface area (Å²) in [6.07, 6.45) is 0. The zero-order valence-corrected chi connectivity index (χ0v) is 15.9. The lowest BCUT2D eigenvalue weighted by atomic mass is 10.3. The summed E-state index contributed by atoms with van der Waals surface area (Å²) in [6, 6.07) is 0. The molecule has 0 aliphatic carbocycles. The second-order valence-corrected chi connectivity index (χ2v) is 6.32. The molecule has 0 aromatic carbocycles. The lowest BCUT2D eigenvalue weighted by molar-refractivity contribution is -0.921. The highest BCUT2D eigenvalue weighted by atomic mass is 32.3. The molecule has 0 fully saturated rings. The molecule has 0 rings (SSSR count). The molecule has 152 valence electrons. The standard InChI is InChI=1S/C8H20N.3FHO3S/c1-5-9(6-2,7-3)8-4;3*1-5(2,3)4/h5-8H2,1-4H3;3*(H,2,3,4)/q+1;;;. The van der Waals surface area contributed by atoms with Crippen LogP contribution in [0.3, 0.4) is 0 Å². The lowest BCUT2D eigenvalue weighted by Gasteiger charge is -2.34. The van der Waals surface area contributed by atoms with Gasteiger partial charge in [0.2, 0.25) is 0 Å². The van der Waals surface area contributed by atoms with Gasteiger partial charge in [-0.1, -0.05) is 11.7 Å². The van der Waals surface area contributed by atoms with Crippen molar-refractivity contribution in [2.75, 3.05) is 26.2 Å². The van der Waals surface area contributed by atoms with Crippen molar-refractivity contribution in [1.82, 2.24) is 0 Å². The van der Waals surface area contributed by atoms with Crippen molar-refractivity contribution in [3.8, 4) is 0 Å². The molecule has 0 aliphatic rings. The Labute approximate surface area is 141 Å². The lowest BCUT2D eigenvalue weighted by Crippen LogP contribution is -2.47. The first kappa shape index (κ1) is 31.3. The van der Waals surface area contributed by atoms with Gasteiger partial charge in [0, 0.05) is 0 Å². The molecule has 0 aliphatic heterocycles. The van der Waals surface area contributed by atoms with Crippen LogP contribution in [-0.2, 0) is 31.5 Å². The van der Waals surface area contributed by atoms with Crippen LogP contribution in [0, 0.1) is 0 Å². The average molecular weight is 430 g/mol. The second-order valence-electron chi connectivity index (χ2n) is 3.84. The van der Waals surface area contributed by atoms with Crippen LogP contribution < -0.4 is 0 Å². The maximum absolute atomic E-state index is 10.2. The predicted molar refractivity (Wildman–Crippen MR) is 80.4 cm³/mol. The van der Waals surface area contributed by atoms with Gasteiger partial charge in [0.05, 0.1) is 26.2 Å². The van der Waals surface area contributed by atoms with Crippen LogP contribution in [-0.4, -0.2) is 69.6 Å². The number of hydrogen-bond acceptors (Lipinski definition) is 6. The third-order valence-electron chi connectivity index (χ3n) is 2.68. The Bertz CT molecular complexity index is 487. The molecule has 10 nitrogen and oxygen atoms in total. The molecule has 24 heavy (non-hydrogen) atoms. The van der Waals surface area contributed by atoms with Gasteiger partial charge in [-0.25, -0.2) is 0 Å². The Balaban J connectivity index is -0.000000116. The summed E-state index contributed by atoms with van der Waals surface area (Å²) >= 11 is 0. The van der Waals surface area contributed by atoms with Crippen molar-refractivity contribution in [3.63, 3.8) is 0 Å². The van der Waals surface area contributed by atoms with E-state index in [0.717, 1.165) is 0 Å². The zero-order valence-electron chi connectivity index (χ0n) is 13.4. The maximum atomic E-state index is 10.2. The highest BCUT2D eigenvalue weighted by Gasteiger charge is 2.16. The zero-order chi connectivity index (χ0) is 20.8. The third kappa shape index (κ3) is 68.4. The molecule has 0 atom stereocenters. The Hall–Kier alpha value is -0.520. The SMILES string of the molecule is CC[N+](CC)(CC)CC.O=S(=O)(O)F.O=S(=O)(O)F.O=S(=O)(O)F. The minimum absolute atomic E-state index is 1.28. The molecular formula is C8H23F3NO9S3+. The molecule has 0 aromatic heterocycles. The molecule has 0 amide bonds. The van der Waals surface area contributed by atoms with Crippen molar-refractivity contribution < 1.29 is 55.1 Å². The van der Waals surface area contributed by atoms with Crippen LogP contribution in [0.5, 0.6) is 0 Å². The smallest absolute Gasteiger partial charge is 0.325 e. The molecule has 0 bridgehead atoms. The van der Waals surface area contributed by atoms with Gasteiger partial charge in [0.1, 0.15) is 0 Å². The molecule has 0 radical (unpaired) electrons. The molecule has 3 N–H and O–H groups in total. The summed E-state index contributed by atoms with van der Waals surface area (Å²) in [7, 11) is -15.5. The van der Waals surface area contributed by atoms with Gasteiger partial charge < -0.3 is 4.48 Å². The minimum Gasteiger partial charge on any atom is -0.325 e. The van der Waals surface area contributed by atoms with Crippen molar-refractivity contribution in [3.05, 3.63) is 0 Å². The van der Waals surface area contributed by atoms with Gasteiger partial charge >= 0.3 is 31.5 Å². The first-order chi connectivity index (χ1) is 10.2. The van der Waals surface area contributed by atoms with Crippen molar-refractivity contribution in [1.29, 1.82) is 0 Å². The summed E-state index contributed by atoms with van der Waals surface area (Å²) < 4.78 is 104. The monoisotopic (exact) mass is 430 g/mol. The van der Waals surface area contributed by atoms with Gasteiger partial charge in [-0.3, -0.25) is 13.7 Å². The molecule has 0 aromatic rings. The van der Waals surface area contributed by atoms with E-state index in [1.54, 1.807) is 0 Å². The van der Waals surface area contributed by atoms with Gasteiger partial charge in [0.25, 0.3) is 0 Å². The molecule has 0 saturated carbocycles. The molecule has 0 spiro atoms. The Morgan fingerprint density at radius 3 is 0.667 bits per heavy atom. The summed E-state index contributed by atoms with van der Waals surface area (Å²) in [5.74, 6) is 0. The topological polar surface area (TPSA) is 163 Å². The third-order valence-corrected chi connectivity index (χ3v) is 2.68. The highest BCUT2D eigenvalue weighted by Crippen LogP contribution is 2.03. The van der Waals surface area contributed by atoms with E-state index >= 15 is 0 Å². The van der Waals surface area contributed by atoms with E-state index in [4.69, 9.17) is 38.9 Å². The van der Waals surface area contributed by atoms with Crippen LogP contribution in [0.2, 0.25) is 0 Å². The normalized spacial score (nSPS) is 11.8. The number of halogens is 3. The van der Waals surface area contributed by atoms with E-state index in [-0.39, 0.29) is 0 Å². The van der Waals surface area contributed by atoms with Gasteiger partial charge in [-0.05, 0) is 27.7 Å². The van der Waals surface area contributed by atoms with E-state index in [2.05, 4.69) is 27.7 Å². The van der Waals surface area contributed by atoms with Gasteiger partial charge in [0.15, 0.2) is 0 Å². The van der Waals surface area contributed by atoms with Crippen LogP contribution in [0.4, 0.5) is 11.7 Å². The van der Waals surface area contributed by atoms with E-state index in [9.17, 15) is 11.7 Å². The minimum atomic E-state index is -5.17. The van der Waals surface area contributed by atoms with Crippen molar-refractivity contribution in [2.24, 2.45) is 0 Å². The van der Waals surface area contributed by atoms with Crippen LogP contribution in [0.15, 0.2) is 0 Å². The fourth-order valence-corrected chi connectivity index (χ4v) is 1.34. The van der Waals surface area contributed by atoms with Gasteiger partial charge in [-0.2, -0.15) is 25.3 Å². The van der Waals surface area contributed by atoms with E-state index in [1.165, 1.54) is 30.7 Å². The summed E-state index contributed by atoms with van der Waals surface area (Å²) in [5, 5.41) is 0. The average Bonchev–Trinajstić information content (AvgIpc) is 2.26. The Morgan fingerprint density at radius 1 is 0.583 bits per heavy atom. The van der Waals surface area contributed by atoms with Crippen LogP contribution in [0.1, 0.15) is 27.7 Å². The predicted octanol–water partition coefficient (Wildman–Crippen LogP) is 1.16. The number of hydrogen-bond donors (Lipinski definition) is 3. The molecule has 0 unspecified atom stereocenters. The molecule has 16 heteroatoms. The first-order valence-corrected chi connectivity index (χ1v) is 10.1. The fourth-order valence-electron chi connectivity index (χ4n) is 1.34. The van der Waals surface area contributed by atoms with Crippen molar-refractivity contribution in [2.45, 2.75) is 27.7 Å². The molecule has 0 saturated heterocycles. The van der Waals surface area contributed by atoms with E-state index in [1.807, 2.05) is 0 Å². The van der Waals surface area contributed by atoms with Crippen LogP contribution >= 0.6 is 0 Å². The first-order valence-electron chi connectivity index (χ1n) is 6.10. The second kappa shape index (κ2) is 13.7. The van der Waals surface area contributed by atoms with E-state index in [0.29, 0.717) is 0 Å². The van der Waals surface area contributed by atoms with Crippen molar-refractivity contribution >= 4 is 31.5 Å². The largest absolute Gasteiger partial charge is 0.435 e. The number of quaternary nitrogens is 1. The van der Waals surface area contributed by atoms with Gasteiger partial charge in [-0.15, -0.1) is 0 Å². The Morgan fingerprint density at radius 2 is 0.667 bits per heavy atom. The quantitative estimate of drug-likeness (QED) is 0.337. The summed E-state index contributed by atoms with van der Waals surface area (Å²) in [6.45, 7) is 14.2. The molecular weight excluding hydrogens is 407 g/mol. The maximum Gasteiger partial charge on any atom is 0.435 e. The highest BCUT2D eigenvalue weighted by molar-refractivity contribution is 7.80. The van der Waals surface area contributed by atoms with Crippen LogP contribution in [0.25, 0.3) is 0 Å². The number of nitrogens with zero attached hydrogens (tertiary/aromatic N) is 1.